The molecule has 6 atom stereocenters. The SMILES string of the molecule is C/C(=C\c1cc(F)cc(N2CCOCC2)c1)[C@H]1OC(=O)C[C@H](O)CC[C@H](C)[C@@H](OC(=O)N(C)C2CN3CCC2CC3)/C=C\[C@@H]1C. The highest BCUT2D eigenvalue weighted by Crippen LogP contribution is 2.32. The number of halogens is 1. The number of carbonyl (C=O) groups is 2. The van der Waals surface area contributed by atoms with E-state index in [1.54, 1.807) is 4.90 Å². The van der Waals surface area contributed by atoms with Crippen LogP contribution in [0.25, 0.3) is 6.08 Å². The van der Waals surface area contributed by atoms with Gasteiger partial charge in [-0.3, -0.25) is 4.79 Å². The van der Waals surface area contributed by atoms with E-state index in [1.807, 2.05) is 52.1 Å². The Kier molecular flexibility index (Phi) is 11.2. The molecule has 1 unspecified atom stereocenters. The number of benzene rings is 1. The molecule has 0 saturated carbocycles. The first-order valence-corrected chi connectivity index (χ1v) is 16.6. The number of aliphatic hydroxyl groups is 1. The number of hydrogen-bond acceptors (Lipinski definition) is 8. The topological polar surface area (TPSA) is 91.8 Å². The van der Waals surface area contributed by atoms with E-state index < -0.39 is 24.3 Å². The lowest BCUT2D eigenvalue weighted by Crippen LogP contribution is -2.58. The van der Waals surface area contributed by atoms with Gasteiger partial charge in [0, 0.05) is 38.3 Å². The quantitative estimate of drug-likeness (QED) is 0.365. The number of anilines is 1. The maximum Gasteiger partial charge on any atom is 0.410 e. The second kappa shape index (κ2) is 15.1. The standard InChI is InChI=1S/C35H50FN3O6/c1-23-5-7-30(40)21-33(41)45-34(25(3)17-26-18-28(36)20-29(19-26)39-13-15-43-16-14-39)24(2)6-8-32(23)44-35(42)37(4)31-22-38-11-9-27(31)10-12-38/h6,8,17-20,23-24,27,30-32,34,40H,5,7,9-16,21-22H2,1-4H3/b8-6-,25-17+/t23-,24-,30+,31?,32-,34-/m0/s1. The first kappa shape index (κ1) is 33.4. The van der Waals surface area contributed by atoms with Crippen LogP contribution in [0.4, 0.5) is 14.9 Å². The zero-order valence-corrected chi connectivity index (χ0v) is 27.2. The van der Waals surface area contributed by atoms with Gasteiger partial charge in [-0.05, 0) is 92.9 Å². The van der Waals surface area contributed by atoms with E-state index in [9.17, 15) is 19.1 Å². The largest absolute Gasteiger partial charge is 0.457 e. The van der Waals surface area contributed by atoms with Crippen LogP contribution in [-0.2, 0) is 19.0 Å². The summed E-state index contributed by atoms with van der Waals surface area (Å²) in [5.74, 6) is -0.665. The van der Waals surface area contributed by atoms with Crippen LogP contribution in [-0.4, -0.2) is 104 Å². The maximum absolute atomic E-state index is 14.7. The highest BCUT2D eigenvalue weighted by atomic mass is 19.1. The van der Waals surface area contributed by atoms with E-state index >= 15 is 0 Å². The summed E-state index contributed by atoms with van der Waals surface area (Å²) in [4.78, 5) is 32.6. The van der Waals surface area contributed by atoms with Crippen LogP contribution < -0.4 is 4.90 Å². The molecule has 1 N–H and O–H groups in total. The number of nitrogens with zero attached hydrogens (tertiary/aromatic N) is 3. The van der Waals surface area contributed by atoms with Gasteiger partial charge in [-0.2, -0.15) is 0 Å². The van der Waals surface area contributed by atoms with Gasteiger partial charge in [0.2, 0.25) is 0 Å². The Labute approximate surface area is 267 Å². The number of aliphatic hydroxyl groups excluding tert-OH is 1. The zero-order valence-electron chi connectivity index (χ0n) is 27.2. The molecular formula is C35H50FN3O6. The number of morpholine rings is 1. The fourth-order valence-corrected chi connectivity index (χ4v) is 7.19. The Morgan fingerprint density at radius 1 is 1.07 bits per heavy atom. The summed E-state index contributed by atoms with van der Waals surface area (Å²) in [6.07, 6.45) is 6.39. The first-order chi connectivity index (χ1) is 21.6. The number of rotatable bonds is 5. The van der Waals surface area contributed by atoms with Crippen LogP contribution in [0.2, 0.25) is 0 Å². The molecule has 9 nitrogen and oxygen atoms in total. The van der Waals surface area contributed by atoms with Gasteiger partial charge < -0.3 is 34.0 Å². The Bertz CT molecular complexity index is 1240. The fraction of sp³-hybridized carbons (Fsp3) is 0.657. The van der Waals surface area contributed by atoms with Crippen molar-refractivity contribution in [3.05, 3.63) is 47.3 Å². The van der Waals surface area contributed by atoms with E-state index in [0.717, 1.165) is 43.7 Å². The molecule has 5 aliphatic heterocycles. The molecule has 248 valence electrons. The average Bonchev–Trinajstić information content (AvgIpc) is 3.03. The lowest BCUT2D eigenvalue weighted by molar-refractivity contribution is -0.151. The maximum atomic E-state index is 14.7. The van der Waals surface area contributed by atoms with E-state index in [1.165, 1.54) is 12.1 Å². The van der Waals surface area contributed by atoms with Crippen molar-refractivity contribution in [1.29, 1.82) is 0 Å². The van der Waals surface area contributed by atoms with Crippen LogP contribution in [0.15, 0.2) is 35.9 Å². The van der Waals surface area contributed by atoms with Crippen molar-refractivity contribution >= 4 is 23.8 Å². The number of cyclic esters (lactones) is 1. The molecule has 4 saturated heterocycles. The predicted octanol–water partition coefficient (Wildman–Crippen LogP) is 4.88. The Morgan fingerprint density at radius 2 is 1.80 bits per heavy atom. The summed E-state index contributed by atoms with van der Waals surface area (Å²) < 4.78 is 32.2. The number of likely N-dealkylation sites (N-methyl/N-ethyl adjacent to an activating group) is 1. The van der Waals surface area contributed by atoms with Crippen molar-refractivity contribution in [2.45, 2.75) is 77.2 Å². The Balaban J connectivity index is 1.35. The molecular weight excluding hydrogens is 577 g/mol. The molecule has 0 aromatic heterocycles. The summed E-state index contributed by atoms with van der Waals surface area (Å²) >= 11 is 0. The minimum absolute atomic E-state index is 0.0663. The van der Waals surface area contributed by atoms with Crippen molar-refractivity contribution in [2.24, 2.45) is 17.8 Å². The number of carbonyl (C=O) groups excluding carboxylic acids is 2. The molecule has 1 aromatic rings. The number of esters is 1. The van der Waals surface area contributed by atoms with Crippen LogP contribution in [0, 0.1) is 23.6 Å². The van der Waals surface area contributed by atoms with Crippen LogP contribution in [0.5, 0.6) is 0 Å². The molecule has 0 radical (unpaired) electrons. The van der Waals surface area contributed by atoms with Gasteiger partial charge in [0.05, 0.1) is 31.8 Å². The number of amides is 1. The first-order valence-electron chi connectivity index (χ1n) is 16.6. The highest BCUT2D eigenvalue weighted by molar-refractivity contribution is 5.71. The highest BCUT2D eigenvalue weighted by Gasteiger charge is 2.39. The van der Waals surface area contributed by atoms with E-state index in [0.29, 0.717) is 50.6 Å². The monoisotopic (exact) mass is 627 g/mol. The summed E-state index contributed by atoms with van der Waals surface area (Å²) in [5.41, 5.74) is 2.20. The molecule has 0 aliphatic carbocycles. The van der Waals surface area contributed by atoms with Crippen molar-refractivity contribution in [2.75, 3.05) is 57.9 Å². The number of fused-ring (bicyclic) bond motifs is 3. The predicted molar refractivity (Wildman–Crippen MR) is 171 cm³/mol. The van der Waals surface area contributed by atoms with Crippen molar-refractivity contribution in [3.8, 4) is 0 Å². The van der Waals surface area contributed by atoms with Crippen molar-refractivity contribution in [3.63, 3.8) is 0 Å². The zero-order chi connectivity index (χ0) is 32.1. The van der Waals surface area contributed by atoms with Crippen molar-refractivity contribution < 1.29 is 33.3 Å². The average molecular weight is 628 g/mol. The number of hydrogen-bond donors (Lipinski definition) is 1. The van der Waals surface area contributed by atoms with Crippen LogP contribution in [0.1, 0.15) is 58.4 Å². The van der Waals surface area contributed by atoms with Crippen molar-refractivity contribution in [1.82, 2.24) is 9.80 Å². The third kappa shape index (κ3) is 8.65. The van der Waals surface area contributed by atoms with Gasteiger partial charge in [-0.25, -0.2) is 9.18 Å². The Morgan fingerprint density at radius 3 is 2.49 bits per heavy atom. The molecule has 45 heavy (non-hydrogen) atoms. The van der Waals surface area contributed by atoms with Gasteiger partial charge >= 0.3 is 12.1 Å². The smallest absolute Gasteiger partial charge is 0.410 e. The van der Waals surface area contributed by atoms with Gasteiger partial charge in [-0.1, -0.05) is 26.0 Å². The minimum Gasteiger partial charge on any atom is -0.457 e. The third-order valence-corrected chi connectivity index (χ3v) is 10.0. The fourth-order valence-electron chi connectivity index (χ4n) is 7.19. The normalized spacial score (nSPS) is 33.9. The lowest BCUT2D eigenvalue weighted by Gasteiger charge is -2.47. The minimum atomic E-state index is -0.867. The Hall–Kier alpha value is -2.95. The lowest BCUT2D eigenvalue weighted by atomic mass is 9.83. The third-order valence-electron chi connectivity index (χ3n) is 10.0. The van der Waals surface area contributed by atoms with Crippen LogP contribution in [0.3, 0.4) is 0 Å². The second-order valence-corrected chi connectivity index (χ2v) is 13.5. The molecule has 0 spiro atoms. The molecule has 6 rings (SSSR count). The summed E-state index contributed by atoms with van der Waals surface area (Å²) in [6.45, 7) is 11.5. The van der Waals surface area contributed by atoms with Gasteiger partial charge in [-0.15, -0.1) is 0 Å². The number of ether oxygens (including phenoxy) is 3. The second-order valence-electron chi connectivity index (χ2n) is 13.5. The molecule has 5 heterocycles. The molecule has 1 aromatic carbocycles. The van der Waals surface area contributed by atoms with Gasteiger partial charge in [0.1, 0.15) is 18.0 Å². The van der Waals surface area contributed by atoms with Gasteiger partial charge in [0.15, 0.2) is 0 Å². The molecule has 2 bridgehead atoms. The van der Waals surface area contributed by atoms with E-state index in [4.69, 9.17) is 14.2 Å². The number of piperidine rings is 3. The molecule has 4 fully saturated rings. The molecule has 5 aliphatic rings. The van der Waals surface area contributed by atoms with E-state index in [-0.39, 0.29) is 36.2 Å². The van der Waals surface area contributed by atoms with E-state index in [2.05, 4.69) is 9.80 Å². The van der Waals surface area contributed by atoms with Crippen LogP contribution >= 0.6 is 0 Å². The summed E-state index contributed by atoms with van der Waals surface area (Å²) in [7, 11) is 1.84. The molecule has 10 heteroatoms. The summed E-state index contributed by atoms with van der Waals surface area (Å²) in [6, 6.07) is 5.08. The van der Waals surface area contributed by atoms with Gasteiger partial charge in [0.25, 0.3) is 0 Å². The summed E-state index contributed by atoms with van der Waals surface area (Å²) in [5, 5.41) is 10.7. The molecule has 1 amide bonds.